The second-order valence-electron chi connectivity index (χ2n) is 10.2. The first kappa shape index (κ1) is 29.9. The number of rotatable bonds is 13. The van der Waals surface area contributed by atoms with E-state index in [1.165, 1.54) is 25.3 Å². The van der Waals surface area contributed by atoms with Crippen molar-refractivity contribution in [2.45, 2.75) is 58.2 Å². The molecule has 40 heavy (non-hydrogen) atoms. The minimum atomic E-state index is -4.40. The number of ether oxygens (including phenoxy) is 3. The summed E-state index contributed by atoms with van der Waals surface area (Å²) in [6.07, 6.45) is 1.24. The molecule has 218 valence electrons. The number of alkyl halides is 3. The Morgan fingerprint density at radius 3 is 2.50 bits per heavy atom. The second-order valence-corrected chi connectivity index (χ2v) is 10.2. The van der Waals surface area contributed by atoms with Gasteiger partial charge in [0.25, 0.3) is 0 Å². The summed E-state index contributed by atoms with van der Waals surface area (Å²) in [5, 5.41) is 3.97. The number of nitrogens with one attached hydrogen (secondary N) is 1. The number of morpholine rings is 1. The van der Waals surface area contributed by atoms with Crippen molar-refractivity contribution in [2.75, 3.05) is 51.9 Å². The number of halogens is 3. The molecule has 10 heteroatoms. The molecular formula is C30H39F3N4O3. The van der Waals surface area contributed by atoms with Crippen LogP contribution >= 0.6 is 0 Å². The maximum absolute atomic E-state index is 13.2. The zero-order valence-corrected chi connectivity index (χ0v) is 23.5. The summed E-state index contributed by atoms with van der Waals surface area (Å²) in [6.45, 7) is 9.07. The van der Waals surface area contributed by atoms with Crippen molar-refractivity contribution in [3.8, 4) is 11.5 Å². The summed E-state index contributed by atoms with van der Waals surface area (Å²) in [5.41, 5.74) is 0.497. The van der Waals surface area contributed by atoms with Crippen LogP contribution in [0.15, 0.2) is 36.4 Å². The Bertz CT molecular complexity index is 1250. The molecule has 0 bridgehead atoms. The zero-order valence-electron chi connectivity index (χ0n) is 23.5. The highest BCUT2D eigenvalue weighted by Crippen LogP contribution is 2.36. The van der Waals surface area contributed by atoms with Crippen LogP contribution in [-0.2, 0) is 10.9 Å². The highest BCUT2D eigenvalue weighted by Gasteiger charge is 2.30. The van der Waals surface area contributed by atoms with E-state index < -0.39 is 17.8 Å². The molecule has 4 rings (SSSR count). The van der Waals surface area contributed by atoms with Gasteiger partial charge < -0.3 is 19.5 Å². The molecule has 1 saturated heterocycles. The largest absolute Gasteiger partial charge is 0.493 e. The number of aryl methyl sites for hydroxylation is 1. The van der Waals surface area contributed by atoms with E-state index in [9.17, 15) is 13.2 Å². The number of nitrogens with zero attached hydrogens (tertiary/aromatic N) is 3. The molecule has 0 radical (unpaired) electrons. The molecule has 0 saturated carbocycles. The lowest BCUT2D eigenvalue weighted by atomic mass is 10.0. The monoisotopic (exact) mass is 560 g/mol. The van der Waals surface area contributed by atoms with Gasteiger partial charge >= 0.3 is 6.18 Å². The summed E-state index contributed by atoms with van der Waals surface area (Å²) < 4.78 is 56.7. The highest BCUT2D eigenvalue weighted by molar-refractivity contribution is 5.92. The molecule has 2 aromatic carbocycles. The van der Waals surface area contributed by atoms with E-state index in [4.69, 9.17) is 14.2 Å². The van der Waals surface area contributed by atoms with Crippen LogP contribution in [0, 0.1) is 6.92 Å². The van der Waals surface area contributed by atoms with Crippen LogP contribution in [0.25, 0.3) is 10.9 Å². The van der Waals surface area contributed by atoms with Crippen molar-refractivity contribution < 1.29 is 27.4 Å². The van der Waals surface area contributed by atoms with Gasteiger partial charge in [0.05, 0.1) is 38.0 Å². The lowest BCUT2D eigenvalue weighted by Gasteiger charge is -2.26. The Morgan fingerprint density at radius 2 is 1.75 bits per heavy atom. The first-order chi connectivity index (χ1) is 19.2. The van der Waals surface area contributed by atoms with Crippen LogP contribution in [0.5, 0.6) is 11.5 Å². The molecule has 0 unspecified atom stereocenters. The van der Waals surface area contributed by atoms with Crippen LogP contribution in [-0.4, -0.2) is 61.4 Å². The highest BCUT2D eigenvalue weighted by atomic mass is 19.4. The lowest BCUT2D eigenvalue weighted by Crippen LogP contribution is -2.36. The van der Waals surface area contributed by atoms with Crippen molar-refractivity contribution in [2.24, 2.45) is 0 Å². The van der Waals surface area contributed by atoms with Crippen molar-refractivity contribution in [3.63, 3.8) is 0 Å². The maximum atomic E-state index is 13.2. The van der Waals surface area contributed by atoms with Crippen molar-refractivity contribution in [1.82, 2.24) is 14.9 Å². The van der Waals surface area contributed by atoms with Gasteiger partial charge in [0, 0.05) is 30.6 Å². The van der Waals surface area contributed by atoms with Crippen LogP contribution in [0.2, 0.25) is 0 Å². The fraction of sp³-hybridized carbons (Fsp3) is 0.533. The summed E-state index contributed by atoms with van der Waals surface area (Å²) in [6, 6.07) is 8.54. The first-order valence-corrected chi connectivity index (χ1v) is 14.0. The maximum Gasteiger partial charge on any atom is 0.416 e. The average molecular weight is 561 g/mol. The number of fused-ring (bicyclic) bond motifs is 1. The Morgan fingerprint density at radius 1 is 1.00 bits per heavy atom. The van der Waals surface area contributed by atoms with Gasteiger partial charge in [0.2, 0.25) is 0 Å². The topological polar surface area (TPSA) is 68.7 Å². The molecule has 1 aromatic heterocycles. The van der Waals surface area contributed by atoms with Crippen LogP contribution in [0.3, 0.4) is 0 Å². The van der Waals surface area contributed by atoms with Crippen molar-refractivity contribution in [3.05, 3.63) is 53.3 Å². The quantitative estimate of drug-likeness (QED) is 0.231. The number of anilines is 1. The Hall–Kier alpha value is -3.11. The van der Waals surface area contributed by atoms with E-state index in [1.54, 1.807) is 27.0 Å². The molecule has 0 aliphatic carbocycles. The summed E-state index contributed by atoms with van der Waals surface area (Å²) in [5.74, 6) is 2.23. The van der Waals surface area contributed by atoms with Crippen LogP contribution in [0.1, 0.15) is 62.0 Å². The van der Waals surface area contributed by atoms with Gasteiger partial charge in [-0.05, 0) is 57.0 Å². The normalized spacial score (nSPS) is 15.2. The fourth-order valence-electron chi connectivity index (χ4n) is 4.88. The first-order valence-electron chi connectivity index (χ1n) is 14.0. The molecule has 1 aliphatic heterocycles. The number of hydrogen-bond acceptors (Lipinski definition) is 7. The predicted octanol–water partition coefficient (Wildman–Crippen LogP) is 6.80. The minimum Gasteiger partial charge on any atom is -0.493 e. The van der Waals surface area contributed by atoms with Gasteiger partial charge in [-0.3, -0.25) is 4.90 Å². The Balaban J connectivity index is 1.35. The van der Waals surface area contributed by atoms with Crippen molar-refractivity contribution in [1.29, 1.82) is 0 Å². The third kappa shape index (κ3) is 8.20. The van der Waals surface area contributed by atoms with Gasteiger partial charge in [-0.1, -0.05) is 31.4 Å². The van der Waals surface area contributed by atoms with E-state index in [1.807, 2.05) is 12.1 Å². The zero-order chi connectivity index (χ0) is 28.5. The number of methoxy groups -OCH3 is 1. The third-order valence-corrected chi connectivity index (χ3v) is 7.14. The molecule has 3 aromatic rings. The number of unbranched alkanes of at least 4 members (excludes halogenated alkanes) is 4. The van der Waals surface area contributed by atoms with Crippen LogP contribution < -0.4 is 14.8 Å². The number of aromatic nitrogens is 2. The molecule has 2 heterocycles. The molecule has 1 fully saturated rings. The molecule has 7 nitrogen and oxygen atoms in total. The molecule has 0 amide bonds. The molecule has 1 N–H and O–H groups in total. The van der Waals surface area contributed by atoms with E-state index in [0.29, 0.717) is 46.2 Å². The molecule has 1 atom stereocenters. The van der Waals surface area contributed by atoms with Gasteiger partial charge in [-0.2, -0.15) is 13.2 Å². The van der Waals surface area contributed by atoms with Gasteiger partial charge in [0.15, 0.2) is 11.5 Å². The fourth-order valence-corrected chi connectivity index (χ4v) is 4.88. The van der Waals surface area contributed by atoms with Gasteiger partial charge in [-0.25, -0.2) is 9.97 Å². The summed E-state index contributed by atoms with van der Waals surface area (Å²) in [7, 11) is 1.58. The van der Waals surface area contributed by atoms with Crippen molar-refractivity contribution >= 4 is 16.7 Å². The molecular weight excluding hydrogens is 521 g/mol. The van der Waals surface area contributed by atoms with E-state index in [0.717, 1.165) is 57.8 Å². The number of benzene rings is 2. The second kappa shape index (κ2) is 14.0. The summed E-state index contributed by atoms with van der Waals surface area (Å²) in [4.78, 5) is 11.6. The van der Waals surface area contributed by atoms with E-state index >= 15 is 0 Å². The minimum absolute atomic E-state index is 0.421. The van der Waals surface area contributed by atoms with Gasteiger partial charge in [-0.15, -0.1) is 0 Å². The molecule has 1 aliphatic rings. The Kier molecular flexibility index (Phi) is 10.4. The average Bonchev–Trinajstić information content (AvgIpc) is 2.94. The standard InChI is InChI=1S/C30H39F3N4O3/c1-21(23-10-9-11-24(18-23)30(31,32)33)34-29-25-19-27(38-3)28(20-26(25)35-22(2)36-29)40-15-8-6-4-5-7-12-37-13-16-39-17-14-37/h9-11,18-21H,4-8,12-17H2,1-3H3,(H,34,35,36)/t21-/m1/s1. The van der Waals surface area contributed by atoms with E-state index in [2.05, 4.69) is 20.2 Å². The van der Waals surface area contributed by atoms with E-state index in [-0.39, 0.29) is 0 Å². The molecule has 0 spiro atoms. The summed E-state index contributed by atoms with van der Waals surface area (Å²) >= 11 is 0. The lowest BCUT2D eigenvalue weighted by molar-refractivity contribution is -0.137. The SMILES string of the molecule is COc1cc2c(N[C@H](C)c3cccc(C(F)(F)F)c3)nc(C)nc2cc1OCCCCCCCN1CCOCC1. The third-order valence-electron chi connectivity index (χ3n) is 7.14. The predicted molar refractivity (Wildman–Crippen MR) is 150 cm³/mol. The number of hydrogen-bond donors (Lipinski definition) is 1. The van der Waals surface area contributed by atoms with Crippen LogP contribution in [0.4, 0.5) is 19.0 Å². The van der Waals surface area contributed by atoms with Gasteiger partial charge in [0.1, 0.15) is 11.6 Å². The Labute approximate surface area is 234 Å². The smallest absolute Gasteiger partial charge is 0.416 e.